The van der Waals surface area contributed by atoms with Crippen LogP contribution in [0, 0.1) is 0 Å². The summed E-state index contributed by atoms with van der Waals surface area (Å²) in [4.78, 5) is 40.9. The fourth-order valence-corrected chi connectivity index (χ4v) is 5.70. The standard InChI is InChI=1S/C32H35N3O6/c1-31(21-36,29(38)39)33-28(37)32(15-17-35(18-16-32)19-22-9-3-2-4-10-22)34-30(40)41-20-27-25-13-7-5-11-23(25)24-12-6-8-14-26(24)27/h2-14,27,36H,15-21H2,1H3,(H,33,37)(H,34,40)(H,38,39). The number of carbonyl (C=O) groups is 3. The van der Waals surface area contributed by atoms with Crippen molar-refractivity contribution in [1.82, 2.24) is 15.5 Å². The number of carboxylic acids is 1. The lowest BCUT2D eigenvalue weighted by Gasteiger charge is -2.42. The molecule has 0 radical (unpaired) electrons. The van der Waals surface area contributed by atoms with Crippen molar-refractivity contribution in [2.75, 3.05) is 26.3 Å². The Balaban J connectivity index is 1.31. The van der Waals surface area contributed by atoms with Gasteiger partial charge in [0.1, 0.15) is 12.1 Å². The zero-order valence-electron chi connectivity index (χ0n) is 23.0. The van der Waals surface area contributed by atoms with Crippen molar-refractivity contribution in [3.8, 4) is 11.1 Å². The fraction of sp³-hybridized carbons (Fsp3) is 0.344. The van der Waals surface area contributed by atoms with E-state index in [-0.39, 0.29) is 25.4 Å². The molecule has 1 fully saturated rings. The van der Waals surface area contributed by atoms with Crippen LogP contribution in [0.25, 0.3) is 11.1 Å². The lowest BCUT2D eigenvalue weighted by Crippen LogP contribution is -2.68. The Morgan fingerprint density at radius 1 is 0.927 bits per heavy atom. The van der Waals surface area contributed by atoms with Gasteiger partial charge >= 0.3 is 12.1 Å². The second kappa shape index (κ2) is 11.7. The predicted octanol–water partition coefficient (Wildman–Crippen LogP) is 3.51. The number of carbonyl (C=O) groups excluding carboxylic acids is 2. The fourth-order valence-electron chi connectivity index (χ4n) is 5.70. The van der Waals surface area contributed by atoms with E-state index < -0.39 is 35.7 Å². The lowest BCUT2D eigenvalue weighted by molar-refractivity contribution is -0.150. The number of likely N-dealkylation sites (tertiary alicyclic amines) is 1. The van der Waals surface area contributed by atoms with E-state index in [4.69, 9.17) is 4.74 Å². The minimum absolute atomic E-state index is 0.0845. The number of nitrogens with zero attached hydrogens (tertiary/aromatic N) is 1. The first-order chi connectivity index (χ1) is 19.7. The highest BCUT2D eigenvalue weighted by Gasteiger charge is 2.47. The van der Waals surface area contributed by atoms with Gasteiger partial charge in [0, 0.05) is 25.6 Å². The van der Waals surface area contributed by atoms with E-state index in [1.807, 2.05) is 66.7 Å². The molecule has 214 valence electrons. The molecule has 3 aromatic rings. The highest BCUT2D eigenvalue weighted by molar-refractivity contribution is 5.94. The van der Waals surface area contributed by atoms with E-state index in [0.717, 1.165) is 27.8 Å². The number of fused-ring (bicyclic) bond motifs is 3. The van der Waals surface area contributed by atoms with Gasteiger partial charge in [-0.2, -0.15) is 0 Å². The molecule has 0 bridgehead atoms. The van der Waals surface area contributed by atoms with Crippen LogP contribution in [0.15, 0.2) is 78.9 Å². The maximum Gasteiger partial charge on any atom is 0.408 e. The molecule has 2 aliphatic rings. The van der Waals surface area contributed by atoms with Gasteiger partial charge in [-0.15, -0.1) is 0 Å². The summed E-state index contributed by atoms with van der Waals surface area (Å²) in [5.41, 5.74) is 2.20. The maximum atomic E-state index is 13.6. The summed E-state index contributed by atoms with van der Waals surface area (Å²) >= 11 is 0. The molecule has 5 rings (SSSR count). The highest BCUT2D eigenvalue weighted by atomic mass is 16.5. The number of rotatable bonds is 9. The first-order valence-corrected chi connectivity index (χ1v) is 13.8. The molecule has 1 aliphatic heterocycles. The topological polar surface area (TPSA) is 128 Å². The maximum absolute atomic E-state index is 13.6. The normalized spacial score (nSPS) is 17.5. The van der Waals surface area contributed by atoms with Gasteiger partial charge in [-0.1, -0.05) is 78.9 Å². The van der Waals surface area contributed by atoms with Crippen LogP contribution in [-0.2, 0) is 20.9 Å². The van der Waals surface area contributed by atoms with E-state index >= 15 is 0 Å². The number of carboxylic acid groups (broad SMARTS) is 1. The first kappa shape index (κ1) is 28.3. The Labute approximate surface area is 239 Å². The molecule has 1 unspecified atom stereocenters. The minimum Gasteiger partial charge on any atom is -0.479 e. The van der Waals surface area contributed by atoms with Gasteiger partial charge in [-0.05, 0) is 47.6 Å². The van der Waals surface area contributed by atoms with Crippen molar-refractivity contribution in [2.24, 2.45) is 0 Å². The van der Waals surface area contributed by atoms with Crippen LogP contribution in [0.5, 0.6) is 0 Å². The third-order valence-corrected chi connectivity index (χ3v) is 8.26. The second-order valence-electron chi connectivity index (χ2n) is 11.0. The Kier molecular flexibility index (Phi) is 8.10. The Morgan fingerprint density at radius 2 is 1.49 bits per heavy atom. The van der Waals surface area contributed by atoms with Crippen molar-refractivity contribution in [1.29, 1.82) is 0 Å². The number of alkyl carbamates (subject to hydrolysis) is 1. The van der Waals surface area contributed by atoms with E-state index in [0.29, 0.717) is 19.6 Å². The van der Waals surface area contributed by atoms with Crippen LogP contribution < -0.4 is 10.6 Å². The quantitative estimate of drug-likeness (QED) is 0.317. The first-order valence-electron chi connectivity index (χ1n) is 13.8. The van der Waals surface area contributed by atoms with Crippen molar-refractivity contribution >= 4 is 18.0 Å². The number of hydrogen-bond donors (Lipinski definition) is 4. The van der Waals surface area contributed by atoms with Crippen molar-refractivity contribution < 1.29 is 29.3 Å². The third kappa shape index (κ3) is 5.82. The molecule has 0 spiro atoms. The number of ether oxygens (including phenoxy) is 1. The largest absolute Gasteiger partial charge is 0.479 e. The number of aliphatic hydroxyl groups excluding tert-OH is 1. The summed E-state index contributed by atoms with van der Waals surface area (Å²) in [5, 5.41) is 24.6. The molecule has 3 aromatic carbocycles. The number of benzene rings is 3. The zero-order chi connectivity index (χ0) is 29.0. The lowest BCUT2D eigenvalue weighted by atomic mass is 9.85. The van der Waals surface area contributed by atoms with Crippen LogP contribution in [0.1, 0.15) is 42.4 Å². The summed E-state index contributed by atoms with van der Waals surface area (Å²) in [6.07, 6.45) is -0.256. The molecule has 4 N–H and O–H groups in total. The zero-order valence-corrected chi connectivity index (χ0v) is 23.0. The number of aliphatic hydroxyl groups is 1. The van der Waals surface area contributed by atoms with E-state index in [1.54, 1.807) is 0 Å². The summed E-state index contributed by atoms with van der Waals surface area (Å²) < 4.78 is 5.73. The molecule has 1 saturated heterocycles. The molecular formula is C32H35N3O6. The Hall–Kier alpha value is -4.21. The van der Waals surface area contributed by atoms with E-state index in [9.17, 15) is 24.6 Å². The summed E-state index contributed by atoms with van der Waals surface area (Å²) in [7, 11) is 0. The molecule has 9 heteroatoms. The smallest absolute Gasteiger partial charge is 0.408 e. The molecule has 0 aromatic heterocycles. The average Bonchev–Trinajstić information content (AvgIpc) is 3.31. The molecule has 1 aliphatic carbocycles. The van der Waals surface area contributed by atoms with Gasteiger partial charge in [0.25, 0.3) is 0 Å². The highest BCUT2D eigenvalue weighted by Crippen LogP contribution is 2.44. The van der Waals surface area contributed by atoms with Crippen molar-refractivity contribution in [3.05, 3.63) is 95.6 Å². The number of amides is 2. The molecule has 1 atom stereocenters. The van der Waals surface area contributed by atoms with E-state index in [1.165, 1.54) is 6.92 Å². The predicted molar refractivity (Wildman–Crippen MR) is 153 cm³/mol. The number of piperidine rings is 1. The average molecular weight is 558 g/mol. The van der Waals surface area contributed by atoms with Crippen LogP contribution in [0.4, 0.5) is 4.79 Å². The second-order valence-corrected chi connectivity index (χ2v) is 11.0. The summed E-state index contributed by atoms with van der Waals surface area (Å²) in [6.45, 7) is 2.20. The van der Waals surface area contributed by atoms with Crippen LogP contribution >= 0.6 is 0 Å². The summed E-state index contributed by atoms with van der Waals surface area (Å²) in [6, 6.07) is 26.0. The van der Waals surface area contributed by atoms with Gasteiger partial charge in [-0.3, -0.25) is 9.69 Å². The molecule has 2 amide bonds. The molecular weight excluding hydrogens is 522 g/mol. The molecule has 1 heterocycles. The van der Waals surface area contributed by atoms with Gasteiger partial charge in [0.2, 0.25) is 5.91 Å². The molecule has 9 nitrogen and oxygen atoms in total. The van der Waals surface area contributed by atoms with Gasteiger partial charge in [0.15, 0.2) is 5.54 Å². The van der Waals surface area contributed by atoms with Crippen LogP contribution in [-0.4, -0.2) is 70.5 Å². The molecule has 0 saturated carbocycles. The van der Waals surface area contributed by atoms with Crippen LogP contribution in [0.3, 0.4) is 0 Å². The van der Waals surface area contributed by atoms with E-state index in [2.05, 4.69) is 27.7 Å². The number of nitrogens with one attached hydrogen (secondary N) is 2. The SMILES string of the molecule is CC(CO)(NC(=O)C1(NC(=O)OCC2c3ccccc3-c3ccccc32)CCN(Cc2ccccc2)CC1)C(=O)O. The monoisotopic (exact) mass is 557 g/mol. The van der Waals surface area contributed by atoms with Crippen LogP contribution in [0.2, 0.25) is 0 Å². The summed E-state index contributed by atoms with van der Waals surface area (Å²) in [5.74, 6) is -2.18. The van der Waals surface area contributed by atoms with Gasteiger partial charge in [-0.25, -0.2) is 9.59 Å². The number of hydrogen-bond acceptors (Lipinski definition) is 6. The van der Waals surface area contributed by atoms with Crippen molar-refractivity contribution in [3.63, 3.8) is 0 Å². The number of aliphatic carboxylic acids is 1. The van der Waals surface area contributed by atoms with Crippen molar-refractivity contribution in [2.45, 2.75) is 43.3 Å². The third-order valence-electron chi connectivity index (χ3n) is 8.26. The Morgan fingerprint density at radius 3 is 2.05 bits per heavy atom. The molecule has 41 heavy (non-hydrogen) atoms. The van der Waals surface area contributed by atoms with Gasteiger partial charge < -0.3 is 25.6 Å². The van der Waals surface area contributed by atoms with Gasteiger partial charge in [0.05, 0.1) is 6.61 Å². The minimum atomic E-state index is -1.89. The Bertz CT molecular complexity index is 1370.